The minimum atomic E-state index is -5.05. The number of alkyl halides is 3. The molecule has 0 radical (unpaired) electrons. The molecular formula is C20H20AsF3N6O3. The second-order valence-electron chi connectivity index (χ2n) is 7.58. The first-order valence-corrected chi connectivity index (χ1v) is 12.3. The normalized spacial score (nSPS) is 17.5. The molecule has 1 aliphatic heterocycles. The molecule has 9 nitrogen and oxygen atoms in total. The molecule has 2 N–H and O–H groups in total. The maximum atomic E-state index is 12.5. The SMILES string of the molecule is Cc1cc(-c2n[nH]c3cc(NC(=O)[AsH]C4CCCN(OC(=O)C(F)(F)F)C4)ncc23)ccn1. The Hall–Kier alpha value is -2.98. The van der Waals surface area contributed by atoms with Gasteiger partial charge in [0.05, 0.1) is 0 Å². The summed E-state index contributed by atoms with van der Waals surface area (Å²) in [5.41, 5.74) is 3.18. The Labute approximate surface area is 192 Å². The van der Waals surface area contributed by atoms with Gasteiger partial charge in [0.1, 0.15) is 0 Å². The fraction of sp³-hybridized carbons (Fsp3) is 0.350. The number of nitrogens with one attached hydrogen (secondary N) is 2. The number of carbonyl (C=O) groups excluding carboxylic acids is 2. The molecule has 1 amide bonds. The molecule has 2 unspecified atom stereocenters. The van der Waals surface area contributed by atoms with Gasteiger partial charge in [-0.15, -0.1) is 0 Å². The zero-order valence-corrected chi connectivity index (χ0v) is 19.5. The van der Waals surface area contributed by atoms with Crippen molar-refractivity contribution in [1.82, 2.24) is 25.2 Å². The van der Waals surface area contributed by atoms with Crippen molar-refractivity contribution in [2.45, 2.75) is 30.6 Å². The molecule has 174 valence electrons. The quantitative estimate of drug-likeness (QED) is 0.493. The van der Waals surface area contributed by atoms with Crippen LogP contribution in [0.1, 0.15) is 18.5 Å². The van der Waals surface area contributed by atoms with E-state index in [0.29, 0.717) is 24.2 Å². The van der Waals surface area contributed by atoms with Crippen LogP contribution in [-0.4, -0.2) is 70.9 Å². The van der Waals surface area contributed by atoms with Crippen molar-refractivity contribution in [3.05, 3.63) is 36.3 Å². The molecule has 0 bridgehead atoms. The Morgan fingerprint density at radius 2 is 2.12 bits per heavy atom. The average molecular weight is 524 g/mol. The average Bonchev–Trinajstić information content (AvgIpc) is 3.16. The first-order valence-electron chi connectivity index (χ1n) is 10.1. The van der Waals surface area contributed by atoms with Crippen molar-refractivity contribution in [2.75, 3.05) is 18.4 Å². The van der Waals surface area contributed by atoms with Crippen molar-refractivity contribution in [2.24, 2.45) is 0 Å². The number of hydrogen-bond acceptors (Lipinski definition) is 7. The molecule has 0 saturated carbocycles. The summed E-state index contributed by atoms with van der Waals surface area (Å²) < 4.78 is 36.9. The zero-order chi connectivity index (χ0) is 23.6. The Morgan fingerprint density at radius 3 is 2.88 bits per heavy atom. The number of piperidine rings is 1. The summed E-state index contributed by atoms with van der Waals surface area (Å²) in [6.07, 6.45) is -0.489. The standard InChI is InChI=1S/C20H20AsF3N6O3/c1-11-7-12(4-5-25-11)17-14-9-26-16(8-15(14)28-29-17)27-19(32)21-13-3-2-6-30(10-13)33-18(31)20(22,23)24/h4-5,7-9,13,21H,2-3,6,10H2,1H3,(H,28,29)(H,26,27,32). The number of aryl methyl sites for hydroxylation is 1. The van der Waals surface area contributed by atoms with E-state index in [1.807, 2.05) is 19.1 Å². The van der Waals surface area contributed by atoms with Gasteiger partial charge in [0, 0.05) is 0 Å². The zero-order valence-electron chi connectivity index (χ0n) is 17.4. The van der Waals surface area contributed by atoms with Crippen LogP contribution in [-0.2, 0) is 9.63 Å². The van der Waals surface area contributed by atoms with E-state index in [9.17, 15) is 22.8 Å². The van der Waals surface area contributed by atoms with Gasteiger partial charge >= 0.3 is 193 Å². The molecule has 4 heterocycles. The van der Waals surface area contributed by atoms with Crippen molar-refractivity contribution in [3.8, 4) is 11.3 Å². The van der Waals surface area contributed by atoms with E-state index in [2.05, 4.69) is 30.3 Å². The second kappa shape index (κ2) is 9.48. The van der Waals surface area contributed by atoms with Crippen LogP contribution >= 0.6 is 0 Å². The number of hydroxylamine groups is 2. The van der Waals surface area contributed by atoms with Gasteiger partial charge in [0.2, 0.25) is 0 Å². The Morgan fingerprint density at radius 1 is 1.30 bits per heavy atom. The Balaban J connectivity index is 1.37. The summed E-state index contributed by atoms with van der Waals surface area (Å²) in [7, 11) is 0. The number of H-pyrrole nitrogens is 1. The molecule has 1 fully saturated rings. The fourth-order valence-corrected chi connectivity index (χ4v) is 6.09. The van der Waals surface area contributed by atoms with E-state index in [1.165, 1.54) is 0 Å². The van der Waals surface area contributed by atoms with Crippen LogP contribution in [0.25, 0.3) is 22.2 Å². The van der Waals surface area contributed by atoms with Gasteiger partial charge in [-0.3, -0.25) is 0 Å². The first kappa shape index (κ1) is 23.2. The van der Waals surface area contributed by atoms with Crippen molar-refractivity contribution < 1.29 is 27.6 Å². The van der Waals surface area contributed by atoms with E-state index < -0.39 is 27.9 Å². The van der Waals surface area contributed by atoms with E-state index >= 15 is 0 Å². The van der Waals surface area contributed by atoms with Gasteiger partial charge < -0.3 is 0 Å². The molecule has 13 heteroatoms. The third-order valence-corrected chi connectivity index (χ3v) is 7.68. The van der Waals surface area contributed by atoms with E-state index in [4.69, 9.17) is 0 Å². The minimum absolute atomic E-state index is 0.108. The molecule has 0 aliphatic carbocycles. The molecule has 1 saturated heterocycles. The molecule has 3 aromatic rings. The number of amides is 1. The number of pyridine rings is 2. The van der Waals surface area contributed by atoms with Crippen molar-refractivity contribution in [1.29, 1.82) is 0 Å². The monoisotopic (exact) mass is 524 g/mol. The number of anilines is 1. The van der Waals surface area contributed by atoms with Gasteiger partial charge in [-0.05, 0) is 0 Å². The summed E-state index contributed by atoms with van der Waals surface area (Å²) in [6.45, 7) is 2.21. The van der Waals surface area contributed by atoms with Crippen molar-refractivity contribution >= 4 is 43.1 Å². The van der Waals surface area contributed by atoms with E-state index in [1.54, 1.807) is 18.5 Å². The number of aromatic nitrogens is 4. The van der Waals surface area contributed by atoms with Gasteiger partial charge in [-0.2, -0.15) is 0 Å². The maximum absolute atomic E-state index is 12.5. The number of rotatable bonds is 5. The number of fused-ring (bicyclic) bond motifs is 1. The Bertz CT molecular complexity index is 1190. The predicted octanol–water partition coefficient (Wildman–Crippen LogP) is 3.20. The van der Waals surface area contributed by atoms with Gasteiger partial charge in [0.15, 0.2) is 0 Å². The summed E-state index contributed by atoms with van der Waals surface area (Å²) in [5, 5.41) is 11.8. The molecule has 2 atom stereocenters. The van der Waals surface area contributed by atoms with Crippen LogP contribution in [0.2, 0.25) is 4.71 Å². The molecule has 0 spiro atoms. The van der Waals surface area contributed by atoms with E-state index in [0.717, 1.165) is 27.4 Å². The summed E-state index contributed by atoms with van der Waals surface area (Å²) in [4.78, 5) is 36.5. The Kier molecular flexibility index (Phi) is 6.66. The van der Waals surface area contributed by atoms with Crippen LogP contribution in [0.3, 0.4) is 0 Å². The summed E-state index contributed by atoms with van der Waals surface area (Å²) >= 11 is -1.24. The predicted molar refractivity (Wildman–Crippen MR) is 115 cm³/mol. The fourth-order valence-electron chi connectivity index (χ4n) is 3.54. The molecule has 33 heavy (non-hydrogen) atoms. The summed E-state index contributed by atoms with van der Waals surface area (Å²) in [5.74, 6) is -1.89. The van der Waals surface area contributed by atoms with Crippen LogP contribution in [0.15, 0.2) is 30.6 Å². The number of aromatic amines is 1. The molecule has 1 aliphatic rings. The van der Waals surface area contributed by atoms with Crippen LogP contribution < -0.4 is 5.32 Å². The van der Waals surface area contributed by atoms with Gasteiger partial charge in [-0.1, -0.05) is 0 Å². The third-order valence-electron chi connectivity index (χ3n) is 5.02. The van der Waals surface area contributed by atoms with Crippen LogP contribution in [0, 0.1) is 6.92 Å². The molecular weight excluding hydrogens is 504 g/mol. The second-order valence-corrected chi connectivity index (χ2v) is 10.8. The topological polar surface area (TPSA) is 113 Å². The van der Waals surface area contributed by atoms with Crippen LogP contribution in [0.4, 0.5) is 23.8 Å². The molecule has 3 aromatic heterocycles. The summed E-state index contributed by atoms with van der Waals surface area (Å²) in [6, 6.07) is 5.45. The number of carbonyl (C=O) groups is 2. The molecule has 4 rings (SSSR count). The molecule has 0 aromatic carbocycles. The first-order chi connectivity index (χ1) is 15.7. The number of nitrogens with zero attached hydrogens (tertiary/aromatic N) is 4. The third kappa shape index (κ3) is 5.69. The number of halogens is 3. The van der Waals surface area contributed by atoms with Gasteiger partial charge in [0.25, 0.3) is 0 Å². The van der Waals surface area contributed by atoms with Crippen molar-refractivity contribution in [3.63, 3.8) is 0 Å². The van der Waals surface area contributed by atoms with Crippen LogP contribution in [0.5, 0.6) is 0 Å². The van der Waals surface area contributed by atoms with E-state index in [-0.39, 0.29) is 22.5 Å². The van der Waals surface area contributed by atoms with Gasteiger partial charge in [-0.25, -0.2) is 0 Å². The number of hydrogen-bond donors (Lipinski definition) is 2.